The summed E-state index contributed by atoms with van der Waals surface area (Å²) in [6, 6.07) is 18.1. The zero-order valence-electron chi connectivity index (χ0n) is 14.7. The van der Waals surface area contributed by atoms with Crippen LogP contribution in [0.15, 0.2) is 54.6 Å². The number of hydrogen-bond donors (Lipinski definition) is 1. The third-order valence-corrected chi connectivity index (χ3v) is 5.34. The van der Waals surface area contributed by atoms with E-state index in [1.807, 2.05) is 48.5 Å². The maximum absolute atomic E-state index is 11.7. The van der Waals surface area contributed by atoms with Crippen LogP contribution in [0.25, 0.3) is 0 Å². The molecule has 130 valence electrons. The molecule has 4 nitrogen and oxygen atoms in total. The van der Waals surface area contributed by atoms with Crippen LogP contribution in [0.5, 0.6) is 5.75 Å². The Morgan fingerprint density at radius 2 is 1.76 bits per heavy atom. The Labute approximate surface area is 149 Å². The molecule has 0 radical (unpaired) electrons. The van der Waals surface area contributed by atoms with Crippen LogP contribution in [0.3, 0.4) is 0 Å². The summed E-state index contributed by atoms with van der Waals surface area (Å²) < 4.78 is 7.80. The monoisotopic (exact) mass is 337 g/mol. The molecule has 0 fully saturated rings. The zero-order chi connectivity index (χ0) is 17.3. The maximum Gasteiger partial charge on any atom is 0.271 e. The normalized spacial score (nSPS) is 23.4. The fourth-order valence-electron chi connectivity index (χ4n) is 4.10. The molecule has 25 heavy (non-hydrogen) atoms. The summed E-state index contributed by atoms with van der Waals surface area (Å²) >= 11 is 0. The molecule has 0 aromatic heterocycles. The predicted octanol–water partition coefficient (Wildman–Crippen LogP) is 3.35. The van der Waals surface area contributed by atoms with Gasteiger partial charge in [-0.2, -0.15) is 0 Å². The summed E-state index contributed by atoms with van der Waals surface area (Å²) in [7, 11) is 1.70. The van der Waals surface area contributed by atoms with Gasteiger partial charge >= 0.3 is 0 Å². The Kier molecular flexibility index (Phi) is 4.22. The highest BCUT2D eigenvalue weighted by Gasteiger charge is 2.52. The van der Waals surface area contributed by atoms with Crippen LogP contribution < -0.4 is 9.64 Å². The average molecular weight is 337 g/mol. The van der Waals surface area contributed by atoms with Crippen LogP contribution in [0.4, 0.5) is 5.69 Å². The molecule has 0 saturated heterocycles. The number of para-hydroxylation sites is 2. The molecule has 0 saturated carbocycles. The summed E-state index contributed by atoms with van der Waals surface area (Å²) in [5.41, 5.74) is 0.979. The Balaban J connectivity index is 1.84. The van der Waals surface area contributed by atoms with Gasteiger partial charge in [0, 0.05) is 12.0 Å². The first-order valence-electron chi connectivity index (χ1n) is 9.06. The summed E-state index contributed by atoms with van der Waals surface area (Å²) in [5.74, 6) is 2.05. The van der Waals surface area contributed by atoms with Crippen molar-refractivity contribution < 1.29 is 14.4 Å². The quantitative estimate of drug-likeness (QED) is 0.873. The van der Waals surface area contributed by atoms with Gasteiger partial charge in [-0.25, -0.2) is 9.48 Å². The molecule has 2 heterocycles. The van der Waals surface area contributed by atoms with E-state index in [4.69, 9.17) is 4.74 Å². The summed E-state index contributed by atoms with van der Waals surface area (Å²) in [4.78, 5) is 2.25. The van der Waals surface area contributed by atoms with Crippen molar-refractivity contribution in [3.05, 3.63) is 60.2 Å². The number of hydrogen-bond acceptors (Lipinski definition) is 3. The standard InChI is InChI=1S/C21H25N2O2/c1-25-19-13-8-7-12-18(19)22-16-21(24,17-10-4-2-5-11-17)23-15-9-3-6-14-20(22)23/h2,4-5,7-8,10-13,24H,3,6,9,14-16H2,1H3/q+1. The number of amidine groups is 1. The summed E-state index contributed by atoms with van der Waals surface area (Å²) in [5, 5.41) is 11.7. The smallest absolute Gasteiger partial charge is 0.271 e. The zero-order valence-corrected chi connectivity index (χ0v) is 14.7. The lowest BCUT2D eigenvalue weighted by molar-refractivity contribution is -0.658. The number of rotatable bonds is 3. The Morgan fingerprint density at radius 1 is 1.00 bits per heavy atom. The molecule has 2 aromatic carbocycles. The van der Waals surface area contributed by atoms with E-state index < -0.39 is 5.72 Å². The second kappa shape index (κ2) is 6.52. The van der Waals surface area contributed by atoms with E-state index in [1.165, 1.54) is 12.3 Å². The van der Waals surface area contributed by atoms with Gasteiger partial charge in [-0.15, -0.1) is 0 Å². The van der Waals surface area contributed by atoms with Crippen LogP contribution in [0.1, 0.15) is 31.2 Å². The molecule has 2 aliphatic heterocycles. The lowest BCUT2D eigenvalue weighted by Crippen LogP contribution is -2.41. The number of methoxy groups -OCH3 is 1. The van der Waals surface area contributed by atoms with Crippen LogP contribution >= 0.6 is 0 Å². The van der Waals surface area contributed by atoms with E-state index in [9.17, 15) is 5.11 Å². The molecule has 0 spiro atoms. The third-order valence-electron chi connectivity index (χ3n) is 5.34. The molecular weight excluding hydrogens is 312 g/mol. The van der Waals surface area contributed by atoms with Crippen molar-refractivity contribution >= 4 is 11.5 Å². The van der Waals surface area contributed by atoms with Gasteiger partial charge in [0.15, 0.2) is 18.0 Å². The topological polar surface area (TPSA) is 35.7 Å². The highest BCUT2D eigenvalue weighted by molar-refractivity contribution is 5.97. The Morgan fingerprint density at radius 3 is 2.56 bits per heavy atom. The second-order valence-corrected chi connectivity index (χ2v) is 6.82. The van der Waals surface area contributed by atoms with Crippen LogP contribution in [0, 0.1) is 0 Å². The van der Waals surface area contributed by atoms with Crippen molar-refractivity contribution in [2.75, 3.05) is 25.1 Å². The molecule has 1 atom stereocenters. The number of aliphatic hydroxyl groups is 1. The number of ether oxygens (including phenoxy) is 1. The van der Waals surface area contributed by atoms with Crippen molar-refractivity contribution in [2.24, 2.45) is 0 Å². The minimum absolute atomic E-state index is 0.521. The molecule has 0 bridgehead atoms. The second-order valence-electron chi connectivity index (χ2n) is 6.82. The maximum atomic E-state index is 11.7. The van der Waals surface area contributed by atoms with E-state index in [-0.39, 0.29) is 0 Å². The molecule has 0 aliphatic carbocycles. The largest absolute Gasteiger partial charge is 0.492 e. The highest BCUT2D eigenvalue weighted by atomic mass is 16.5. The summed E-state index contributed by atoms with van der Waals surface area (Å²) in [6.07, 6.45) is 4.44. The SMILES string of the molecule is COc1ccccc1N1CC(O)(c2ccccc2)[N+]2=C1CCCCC2. The molecule has 2 aliphatic rings. The van der Waals surface area contributed by atoms with Crippen molar-refractivity contribution in [2.45, 2.75) is 31.4 Å². The van der Waals surface area contributed by atoms with E-state index in [0.29, 0.717) is 6.54 Å². The van der Waals surface area contributed by atoms with Gasteiger partial charge in [-0.3, -0.25) is 0 Å². The Hall–Kier alpha value is -2.33. The fraction of sp³-hybridized carbons (Fsp3) is 0.381. The van der Waals surface area contributed by atoms with Crippen molar-refractivity contribution in [1.29, 1.82) is 0 Å². The molecule has 2 aromatic rings. The molecule has 4 heteroatoms. The van der Waals surface area contributed by atoms with E-state index >= 15 is 0 Å². The van der Waals surface area contributed by atoms with Gasteiger partial charge in [-0.1, -0.05) is 42.5 Å². The van der Waals surface area contributed by atoms with Gasteiger partial charge in [0.25, 0.3) is 11.6 Å². The number of β-amino-alcohol motifs (C(OH)–C–C–N with tert-alkyl or cyclic N) is 1. The Bertz CT molecular complexity index is 787. The first kappa shape index (κ1) is 16.2. The van der Waals surface area contributed by atoms with Crippen LogP contribution in [-0.2, 0) is 5.72 Å². The summed E-state index contributed by atoms with van der Waals surface area (Å²) in [6.45, 7) is 1.40. The van der Waals surface area contributed by atoms with Crippen molar-refractivity contribution in [3.63, 3.8) is 0 Å². The van der Waals surface area contributed by atoms with Gasteiger partial charge in [0.2, 0.25) is 0 Å². The minimum atomic E-state index is -0.998. The molecule has 4 rings (SSSR count). The van der Waals surface area contributed by atoms with E-state index in [0.717, 1.165) is 42.8 Å². The predicted molar refractivity (Wildman–Crippen MR) is 99.3 cm³/mol. The first-order valence-corrected chi connectivity index (χ1v) is 9.06. The van der Waals surface area contributed by atoms with Crippen molar-refractivity contribution in [3.8, 4) is 5.75 Å². The molecule has 1 N–H and O–H groups in total. The fourth-order valence-corrected chi connectivity index (χ4v) is 4.10. The van der Waals surface area contributed by atoms with Crippen molar-refractivity contribution in [1.82, 2.24) is 0 Å². The van der Waals surface area contributed by atoms with Crippen LogP contribution in [0.2, 0.25) is 0 Å². The van der Waals surface area contributed by atoms with Gasteiger partial charge in [0.1, 0.15) is 0 Å². The first-order chi connectivity index (χ1) is 12.2. The van der Waals surface area contributed by atoms with E-state index in [2.05, 4.69) is 15.5 Å². The number of anilines is 1. The average Bonchev–Trinajstić information content (AvgIpc) is 2.82. The van der Waals surface area contributed by atoms with Gasteiger partial charge in [-0.05, 0) is 31.4 Å². The van der Waals surface area contributed by atoms with Gasteiger partial charge in [0.05, 0.1) is 13.7 Å². The lowest BCUT2D eigenvalue weighted by atomic mass is 10.0. The number of benzene rings is 2. The highest BCUT2D eigenvalue weighted by Crippen LogP contribution is 2.38. The van der Waals surface area contributed by atoms with Crippen LogP contribution in [-0.4, -0.2) is 35.7 Å². The number of nitrogens with zero attached hydrogens (tertiary/aromatic N) is 2. The molecule has 1 unspecified atom stereocenters. The third kappa shape index (κ3) is 2.71. The molecule has 0 amide bonds. The van der Waals surface area contributed by atoms with E-state index in [1.54, 1.807) is 7.11 Å². The van der Waals surface area contributed by atoms with Gasteiger partial charge < -0.3 is 9.84 Å². The molecular formula is C21H25N2O2+. The lowest BCUT2D eigenvalue weighted by Gasteiger charge is -2.23. The minimum Gasteiger partial charge on any atom is -0.492 e.